The lowest BCUT2D eigenvalue weighted by Crippen LogP contribution is -1.98. The second-order valence-electron chi connectivity index (χ2n) is 4.78. The molecule has 0 N–H and O–H groups in total. The van der Waals surface area contributed by atoms with Crippen LogP contribution >= 0.6 is 0 Å². The van der Waals surface area contributed by atoms with Crippen molar-refractivity contribution in [2.75, 3.05) is 0 Å². The maximum Gasteiger partial charge on any atom is 0.0704 e. The van der Waals surface area contributed by atoms with Gasteiger partial charge >= 0.3 is 0 Å². The predicted octanol–water partition coefficient (Wildman–Crippen LogP) is 4.56. The molecule has 1 aromatic heterocycles. The Labute approximate surface area is 117 Å². The Hall–Kier alpha value is -1.63. The first-order valence-electron chi connectivity index (χ1n) is 8.61. The summed E-state index contributed by atoms with van der Waals surface area (Å²) in [5.41, 5.74) is 2.71. The molecule has 2 rings (SSSR count). The molecule has 0 fully saturated rings. The minimum Gasteiger partial charge on any atom is -0.256 e. The third kappa shape index (κ3) is 2.98. The van der Waals surface area contributed by atoms with E-state index in [4.69, 9.17) is 6.85 Å². The molecule has 0 spiro atoms. The van der Waals surface area contributed by atoms with Gasteiger partial charge in [0.1, 0.15) is 0 Å². The summed E-state index contributed by atoms with van der Waals surface area (Å²) in [6.07, 6.45) is -0.455. The van der Waals surface area contributed by atoms with E-state index in [1.807, 2.05) is 31.2 Å². The van der Waals surface area contributed by atoms with Gasteiger partial charge < -0.3 is 0 Å². The number of aromatic nitrogens is 1. The van der Waals surface area contributed by atoms with E-state index in [1.54, 1.807) is 19.9 Å². The lowest BCUT2D eigenvalue weighted by atomic mass is 9.98. The molecule has 0 radical (unpaired) electrons. The molecule has 1 nitrogen and oxygen atoms in total. The SMILES string of the molecule is [2H]C([2H])([2H])c1cnc(-c2ccc(C)cc2)cc1C([2H])([2H])C(C)C. The monoisotopic (exact) mass is 244 g/mol. The molecular formula is C17H21N. The molecule has 94 valence electrons. The van der Waals surface area contributed by atoms with Crippen LogP contribution in [0.4, 0.5) is 0 Å². The predicted molar refractivity (Wildman–Crippen MR) is 77.7 cm³/mol. The van der Waals surface area contributed by atoms with Crippen molar-refractivity contribution < 1.29 is 6.85 Å². The molecular weight excluding hydrogens is 218 g/mol. The molecule has 2 aromatic rings. The molecule has 18 heavy (non-hydrogen) atoms. The molecule has 0 saturated heterocycles. The summed E-state index contributed by atoms with van der Waals surface area (Å²) < 4.78 is 39.6. The fraction of sp³-hybridized carbons (Fsp3) is 0.353. The van der Waals surface area contributed by atoms with Crippen LogP contribution in [0.25, 0.3) is 11.3 Å². The highest BCUT2D eigenvalue weighted by Gasteiger charge is 2.06. The standard InChI is InChI=1S/C17H21N/c1-12(2)9-16-10-17(18-11-14(16)4)15-7-5-13(3)6-8-15/h5-8,10-12H,9H2,1-4H3/i4D3,9D2. The van der Waals surface area contributed by atoms with Gasteiger partial charge in [-0.25, -0.2) is 0 Å². The third-order valence-electron chi connectivity index (χ3n) is 2.70. The lowest BCUT2D eigenvalue weighted by molar-refractivity contribution is 0.644. The highest BCUT2D eigenvalue weighted by molar-refractivity contribution is 5.60. The molecule has 1 heteroatoms. The average molecular weight is 244 g/mol. The van der Waals surface area contributed by atoms with Crippen molar-refractivity contribution in [2.24, 2.45) is 5.92 Å². The minimum atomic E-state index is -2.39. The first-order chi connectivity index (χ1) is 10.5. The van der Waals surface area contributed by atoms with Crippen LogP contribution in [0.3, 0.4) is 0 Å². The molecule has 1 aromatic carbocycles. The molecule has 0 aliphatic carbocycles. The summed E-state index contributed by atoms with van der Waals surface area (Å²) in [5, 5.41) is 0. The van der Waals surface area contributed by atoms with Crippen LogP contribution < -0.4 is 0 Å². The number of rotatable bonds is 3. The molecule has 1 heterocycles. The van der Waals surface area contributed by atoms with Gasteiger partial charge in [-0.05, 0) is 43.3 Å². The first kappa shape index (κ1) is 7.73. The fourth-order valence-corrected chi connectivity index (χ4v) is 1.77. The highest BCUT2D eigenvalue weighted by Crippen LogP contribution is 2.21. The van der Waals surface area contributed by atoms with Crippen molar-refractivity contribution in [3.05, 3.63) is 53.2 Å². The molecule has 0 atom stereocenters. The Morgan fingerprint density at radius 2 is 2.00 bits per heavy atom. The molecule has 0 unspecified atom stereocenters. The third-order valence-corrected chi connectivity index (χ3v) is 2.70. The van der Waals surface area contributed by atoms with Crippen molar-refractivity contribution in [1.82, 2.24) is 4.98 Å². The number of aryl methyl sites for hydroxylation is 2. The van der Waals surface area contributed by atoms with Crippen LogP contribution in [0.15, 0.2) is 36.5 Å². The van der Waals surface area contributed by atoms with E-state index < -0.39 is 13.2 Å². The molecule has 0 aliphatic rings. The van der Waals surface area contributed by atoms with Crippen molar-refractivity contribution in [1.29, 1.82) is 0 Å². The van der Waals surface area contributed by atoms with Gasteiger partial charge in [0.25, 0.3) is 0 Å². The first-order valence-corrected chi connectivity index (χ1v) is 6.11. The van der Waals surface area contributed by atoms with Crippen molar-refractivity contribution in [3.8, 4) is 11.3 Å². The Balaban J connectivity index is 2.65. The van der Waals surface area contributed by atoms with Crippen LogP contribution in [0, 0.1) is 19.7 Å². The molecule has 0 aliphatic heterocycles. The van der Waals surface area contributed by atoms with E-state index in [0.717, 1.165) is 11.1 Å². The summed E-state index contributed by atoms with van der Waals surface area (Å²) in [6, 6.07) is 9.28. The zero-order chi connectivity index (χ0) is 17.4. The maximum atomic E-state index is 8.32. The Bertz CT molecular complexity index is 687. The average Bonchev–Trinajstić information content (AvgIpc) is 2.46. The Morgan fingerprint density at radius 3 is 2.61 bits per heavy atom. The van der Waals surface area contributed by atoms with Gasteiger partial charge in [0, 0.05) is 18.6 Å². The fourth-order valence-electron chi connectivity index (χ4n) is 1.77. The second kappa shape index (κ2) is 5.34. The van der Waals surface area contributed by atoms with Gasteiger partial charge in [-0.1, -0.05) is 43.7 Å². The molecule has 0 amide bonds. The van der Waals surface area contributed by atoms with Crippen LogP contribution in [-0.2, 0) is 6.37 Å². The van der Waals surface area contributed by atoms with Crippen molar-refractivity contribution >= 4 is 0 Å². The number of hydrogen-bond acceptors (Lipinski definition) is 1. The van der Waals surface area contributed by atoms with Crippen LogP contribution in [0.2, 0.25) is 0 Å². The van der Waals surface area contributed by atoms with E-state index in [-0.39, 0.29) is 17.0 Å². The van der Waals surface area contributed by atoms with Crippen molar-refractivity contribution in [2.45, 2.75) is 34.0 Å². The van der Waals surface area contributed by atoms with Crippen LogP contribution in [0.5, 0.6) is 0 Å². The van der Waals surface area contributed by atoms with Gasteiger partial charge in [0.2, 0.25) is 0 Å². The number of benzene rings is 1. The normalized spacial score (nSPS) is 16.6. The number of pyridine rings is 1. The lowest BCUT2D eigenvalue weighted by Gasteiger charge is -2.10. The summed E-state index contributed by atoms with van der Waals surface area (Å²) >= 11 is 0. The highest BCUT2D eigenvalue weighted by atomic mass is 14.7. The summed E-state index contributed by atoms with van der Waals surface area (Å²) in [7, 11) is 0. The van der Waals surface area contributed by atoms with Crippen LogP contribution in [-0.4, -0.2) is 4.98 Å². The van der Waals surface area contributed by atoms with Crippen molar-refractivity contribution in [3.63, 3.8) is 0 Å². The van der Waals surface area contributed by atoms with E-state index in [1.165, 1.54) is 6.20 Å². The smallest absolute Gasteiger partial charge is 0.0704 e. The molecule has 0 saturated carbocycles. The summed E-state index contributed by atoms with van der Waals surface area (Å²) in [4.78, 5) is 4.25. The van der Waals surface area contributed by atoms with E-state index in [0.29, 0.717) is 5.69 Å². The Kier molecular flexibility index (Phi) is 2.29. The second-order valence-corrected chi connectivity index (χ2v) is 4.78. The van der Waals surface area contributed by atoms with Gasteiger partial charge in [-0.3, -0.25) is 4.98 Å². The quantitative estimate of drug-likeness (QED) is 0.771. The van der Waals surface area contributed by atoms with E-state index >= 15 is 0 Å². The minimum absolute atomic E-state index is 0.0212. The van der Waals surface area contributed by atoms with E-state index in [2.05, 4.69) is 4.98 Å². The van der Waals surface area contributed by atoms with E-state index in [9.17, 15) is 0 Å². The number of hydrogen-bond donors (Lipinski definition) is 0. The Morgan fingerprint density at radius 1 is 1.28 bits per heavy atom. The zero-order valence-corrected chi connectivity index (χ0v) is 11.0. The van der Waals surface area contributed by atoms with Gasteiger partial charge in [0.05, 0.1) is 5.69 Å². The zero-order valence-electron chi connectivity index (χ0n) is 16.0. The van der Waals surface area contributed by atoms with Gasteiger partial charge in [0.15, 0.2) is 0 Å². The maximum absolute atomic E-state index is 8.32. The number of nitrogens with zero attached hydrogens (tertiary/aromatic N) is 1. The summed E-state index contributed by atoms with van der Waals surface area (Å²) in [6.45, 7) is 3.08. The topological polar surface area (TPSA) is 12.9 Å². The van der Waals surface area contributed by atoms with Gasteiger partial charge in [-0.15, -0.1) is 0 Å². The van der Waals surface area contributed by atoms with Gasteiger partial charge in [-0.2, -0.15) is 0 Å². The summed E-state index contributed by atoms with van der Waals surface area (Å²) in [5.74, 6) is -0.350. The molecule has 0 bridgehead atoms. The largest absolute Gasteiger partial charge is 0.256 e. The van der Waals surface area contributed by atoms with Crippen LogP contribution in [0.1, 0.15) is 37.4 Å².